The highest BCUT2D eigenvalue weighted by Gasteiger charge is 2.11. The summed E-state index contributed by atoms with van der Waals surface area (Å²) in [6.45, 7) is 4.26. The standard InChI is InChI=1S/C14H13ClN2O2S/c1-9(2)10-3-5-12(6-4-10)20-14-8-11(17(18)19)7-13(15)16-14/h3-9H,1-2H3. The van der Waals surface area contributed by atoms with Crippen LogP contribution in [0, 0.1) is 10.1 Å². The van der Waals surface area contributed by atoms with Gasteiger partial charge < -0.3 is 0 Å². The van der Waals surface area contributed by atoms with E-state index in [-0.39, 0.29) is 10.8 Å². The molecular weight excluding hydrogens is 296 g/mol. The maximum atomic E-state index is 10.8. The van der Waals surface area contributed by atoms with E-state index in [0.29, 0.717) is 10.9 Å². The third-order valence-electron chi connectivity index (χ3n) is 2.74. The Hall–Kier alpha value is -1.59. The lowest BCUT2D eigenvalue weighted by Crippen LogP contribution is -1.91. The predicted octanol–water partition coefficient (Wildman–Crippen LogP) is 4.92. The van der Waals surface area contributed by atoms with E-state index >= 15 is 0 Å². The smallest absolute Gasteiger partial charge is 0.258 e. The summed E-state index contributed by atoms with van der Waals surface area (Å²) in [5, 5.41) is 11.4. The van der Waals surface area contributed by atoms with Crippen molar-refractivity contribution < 1.29 is 4.92 Å². The normalized spacial score (nSPS) is 10.8. The van der Waals surface area contributed by atoms with E-state index in [4.69, 9.17) is 11.6 Å². The quantitative estimate of drug-likeness (QED) is 0.457. The summed E-state index contributed by atoms with van der Waals surface area (Å²) < 4.78 is 0. The second-order valence-electron chi connectivity index (χ2n) is 4.57. The van der Waals surface area contributed by atoms with Crippen LogP contribution in [0.25, 0.3) is 0 Å². The Balaban J connectivity index is 2.23. The number of halogens is 1. The Labute approximate surface area is 126 Å². The summed E-state index contributed by atoms with van der Waals surface area (Å²) >= 11 is 7.15. The molecule has 20 heavy (non-hydrogen) atoms. The van der Waals surface area contributed by atoms with Gasteiger partial charge in [0.15, 0.2) is 0 Å². The highest BCUT2D eigenvalue weighted by atomic mass is 35.5. The second kappa shape index (κ2) is 6.24. The molecule has 0 radical (unpaired) electrons. The molecule has 0 unspecified atom stereocenters. The summed E-state index contributed by atoms with van der Waals surface area (Å²) in [7, 11) is 0. The van der Waals surface area contributed by atoms with Crippen LogP contribution in [0.1, 0.15) is 25.3 Å². The van der Waals surface area contributed by atoms with Gasteiger partial charge in [-0.05, 0) is 23.6 Å². The van der Waals surface area contributed by atoms with E-state index < -0.39 is 4.92 Å². The van der Waals surface area contributed by atoms with Crippen LogP contribution in [0.15, 0.2) is 46.3 Å². The van der Waals surface area contributed by atoms with E-state index in [1.54, 1.807) is 0 Å². The molecule has 0 aliphatic carbocycles. The predicted molar refractivity (Wildman–Crippen MR) is 80.6 cm³/mol. The largest absolute Gasteiger partial charge is 0.275 e. The average molecular weight is 309 g/mol. The zero-order valence-electron chi connectivity index (χ0n) is 11.0. The van der Waals surface area contributed by atoms with Crippen molar-refractivity contribution in [1.29, 1.82) is 0 Å². The molecule has 0 aliphatic heterocycles. The highest BCUT2D eigenvalue weighted by molar-refractivity contribution is 7.99. The molecule has 0 atom stereocenters. The van der Waals surface area contributed by atoms with Gasteiger partial charge in [-0.3, -0.25) is 10.1 Å². The maximum absolute atomic E-state index is 10.8. The molecule has 2 rings (SSSR count). The molecule has 0 spiro atoms. The number of rotatable bonds is 4. The van der Waals surface area contributed by atoms with Gasteiger partial charge in [-0.25, -0.2) is 4.98 Å². The van der Waals surface area contributed by atoms with Gasteiger partial charge in [0.05, 0.1) is 11.0 Å². The van der Waals surface area contributed by atoms with Gasteiger partial charge >= 0.3 is 0 Å². The summed E-state index contributed by atoms with van der Waals surface area (Å²) in [4.78, 5) is 15.4. The Morgan fingerprint density at radius 3 is 2.45 bits per heavy atom. The minimum Gasteiger partial charge on any atom is -0.258 e. The van der Waals surface area contributed by atoms with E-state index in [1.807, 2.05) is 24.3 Å². The van der Waals surface area contributed by atoms with Crippen molar-refractivity contribution in [3.8, 4) is 0 Å². The monoisotopic (exact) mass is 308 g/mol. The number of hydrogen-bond acceptors (Lipinski definition) is 4. The van der Waals surface area contributed by atoms with Crippen molar-refractivity contribution in [2.75, 3.05) is 0 Å². The third kappa shape index (κ3) is 3.71. The molecule has 4 nitrogen and oxygen atoms in total. The zero-order valence-corrected chi connectivity index (χ0v) is 12.6. The molecule has 0 aliphatic rings. The Kier molecular flexibility index (Phi) is 4.62. The third-order valence-corrected chi connectivity index (χ3v) is 3.86. The lowest BCUT2D eigenvalue weighted by atomic mass is 10.0. The minimum atomic E-state index is -0.473. The van der Waals surface area contributed by atoms with Gasteiger partial charge in [-0.15, -0.1) is 0 Å². The van der Waals surface area contributed by atoms with Crippen LogP contribution in [0.2, 0.25) is 5.15 Å². The fourth-order valence-corrected chi connectivity index (χ4v) is 2.75. The second-order valence-corrected chi connectivity index (χ2v) is 6.05. The first-order chi connectivity index (χ1) is 9.45. The van der Waals surface area contributed by atoms with E-state index in [2.05, 4.69) is 18.8 Å². The van der Waals surface area contributed by atoms with Crippen molar-refractivity contribution in [2.45, 2.75) is 29.7 Å². The topological polar surface area (TPSA) is 56.0 Å². The van der Waals surface area contributed by atoms with Crippen molar-refractivity contribution in [3.63, 3.8) is 0 Å². The van der Waals surface area contributed by atoms with Gasteiger partial charge in [0.2, 0.25) is 0 Å². The maximum Gasteiger partial charge on any atom is 0.275 e. The first kappa shape index (κ1) is 14.8. The van der Waals surface area contributed by atoms with E-state index in [9.17, 15) is 10.1 Å². The Morgan fingerprint density at radius 2 is 1.90 bits per heavy atom. The SMILES string of the molecule is CC(C)c1ccc(Sc2cc([N+](=O)[O-])cc(Cl)n2)cc1. The summed E-state index contributed by atoms with van der Waals surface area (Å²) in [5.74, 6) is 0.472. The molecule has 104 valence electrons. The lowest BCUT2D eigenvalue weighted by Gasteiger charge is -2.06. The molecular formula is C14H13ClN2O2S. The van der Waals surface area contributed by atoms with Gasteiger partial charge in [0, 0.05) is 11.0 Å². The van der Waals surface area contributed by atoms with Gasteiger partial charge in [0.1, 0.15) is 10.2 Å². The molecule has 0 amide bonds. The van der Waals surface area contributed by atoms with E-state index in [1.165, 1.54) is 29.5 Å². The summed E-state index contributed by atoms with van der Waals surface area (Å²) in [5.41, 5.74) is 1.20. The number of hydrogen-bond donors (Lipinski definition) is 0. The van der Waals surface area contributed by atoms with Crippen LogP contribution in [0.5, 0.6) is 0 Å². The first-order valence-electron chi connectivity index (χ1n) is 6.05. The number of aromatic nitrogens is 1. The van der Waals surface area contributed by atoms with Crippen LogP contribution >= 0.6 is 23.4 Å². The first-order valence-corrected chi connectivity index (χ1v) is 7.25. The number of benzene rings is 1. The molecule has 0 bridgehead atoms. The fourth-order valence-electron chi connectivity index (χ4n) is 1.66. The average Bonchev–Trinajstić information content (AvgIpc) is 2.38. The van der Waals surface area contributed by atoms with Crippen LogP contribution < -0.4 is 0 Å². The Bertz CT molecular complexity index is 630. The van der Waals surface area contributed by atoms with Crippen molar-refractivity contribution in [1.82, 2.24) is 4.98 Å². The van der Waals surface area contributed by atoms with Crippen molar-refractivity contribution in [3.05, 3.63) is 57.2 Å². The molecule has 0 saturated carbocycles. The molecule has 1 heterocycles. The molecule has 1 aromatic carbocycles. The minimum absolute atomic E-state index is 0.0497. The number of nitro groups is 1. The Morgan fingerprint density at radius 1 is 1.25 bits per heavy atom. The zero-order chi connectivity index (χ0) is 14.7. The van der Waals surface area contributed by atoms with Gasteiger partial charge in [-0.2, -0.15) is 0 Å². The summed E-state index contributed by atoms with van der Waals surface area (Å²) in [6.07, 6.45) is 0. The summed E-state index contributed by atoms with van der Waals surface area (Å²) in [6, 6.07) is 10.7. The fraction of sp³-hybridized carbons (Fsp3) is 0.214. The molecule has 0 saturated heterocycles. The molecule has 6 heteroatoms. The van der Waals surface area contributed by atoms with Gasteiger partial charge in [-0.1, -0.05) is 49.3 Å². The van der Waals surface area contributed by atoms with Crippen molar-refractivity contribution >= 4 is 29.1 Å². The molecule has 1 aromatic heterocycles. The van der Waals surface area contributed by atoms with Crippen LogP contribution in [0.3, 0.4) is 0 Å². The highest BCUT2D eigenvalue weighted by Crippen LogP contribution is 2.31. The van der Waals surface area contributed by atoms with Gasteiger partial charge in [0.25, 0.3) is 5.69 Å². The van der Waals surface area contributed by atoms with E-state index in [0.717, 1.165) is 4.90 Å². The molecule has 2 aromatic rings. The number of nitrogens with zero attached hydrogens (tertiary/aromatic N) is 2. The number of pyridine rings is 1. The lowest BCUT2D eigenvalue weighted by molar-refractivity contribution is -0.385. The van der Waals surface area contributed by atoms with Crippen molar-refractivity contribution in [2.24, 2.45) is 0 Å². The van der Waals surface area contributed by atoms with Crippen LogP contribution in [0.4, 0.5) is 5.69 Å². The van der Waals surface area contributed by atoms with Crippen LogP contribution in [-0.2, 0) is 0 Å². The molecule has 0 N–H and O–H groups in total. The van der Waals surface area contributed by atoms with Crippen LogP contribution in [-0.4, -0.2) is 9.91 Å². The molecule has 0 fully saturated rings.